The van der Waals surface area contributed by atoms with Gasteiger partial charge in [0, 0.05) is 24.6 Å². The molecule has 2 heterocycles. The number of piperidine rings is 1. The molecule has 0 saturated carbocycles. The third kappa shape index (κ3) is 1.41. The summed E-state index contributed by atoms with van der Waals surface area (Å²) in [6.07, 6.45) is 2.63. The number of amides is 1. The Kier molecular flexibility index (Phi) is 2.47. The Hall–Kier alpha value is -1.51. The maximum absolute atomic E-state index is 12.0. The molecule has 0 radical (unpaired) electrons. The van der Waals surface area contributed by atoms with E-state index in [9.17, 15) is 4.79 Å². The largest absolute Gasteiger partial charge is 0.351 e. The molecule has 1 aromatic carbocycles. The van der Waals surface area contributed by atoms with Gasteiger partial charge in [-0.2, -0.15) is 0 Å². The number of benzene rings is 1. The molecule has 3 rings (SSSR count). The number of aryl methyl sites for hydroxylation is 1. The zero-order valence-corrected chi connectivity index (χ0v) is 12.2. The second-order valence-corrected chi connectivity index (χ2v) is 6.42. The van der Waals surface area contributed by atoms with E-state index in [-0.39, 0.29) is 17.0 Å². The number of hydrogen-bond acceptors (Lipinski definition) is 2. The van der Waals surface area contributed by atoms with Crippen LogP contribution in [-0.2, 0) is 10.2 Å². The van der Waals surface area contributed by atoms with Crippen molar-refractivity contribution >= 4 is 11.6 Å². The highest BCUT2D eigenvalue weighted by atomic mass is 16.2. The predicted molar refractivity (Wildman–Crippen MR) is 77.3 cm³/mol. The SMILES string of the molecule is Cc1cccc2c1N(C)[C@@]1(CCCC(=O)N1)C2(C)C. The number of anilines is 1. The molecule has 1 fully saturated rings. The lowest BCUT2D eigenvalue weighted by Gasteiger charge is -2.49. The fraction of sp³-hybridized carbons (Fsp3) is 0.562. The number of rotatable bonds is 0. The molecule has 19 heavy (non-hydrogen) atoms. The summed E-state index contributed by atoms with van der Waals surface area (Å²) in [5, 5.41) is 3.29. The number of para-hydroxylation sites is 1. The minimum atomic E-state index is -0.267. The van der Waals surface area contributed by atoms with Gasteiger partial charge in [0.15, 0.2) is 0 Å². The van der Waals surface area contributed by atoms with E-state index in [2.05, 4.69) is 56.2 Å². The molecule has 1 aromatic rings. The molecule has 0 aromatic heterocycles. The first-order chi connectivity index (χ1) is 8.90. The molecule has 2 aliphatic rings. The fourth-order valence-corrected chi connectivity index (χ4v) is 4.02. The summed E-state index contributed by atoms with van der Waals surface area (Å²) in [4.78, 5) is 14.3. The summed E-state index contributed by atoms with van der Waals surface area (Å²) >= 11 is 0. The minimum Gasteiger partial charge on any atom is -0.351 e. The molecular weight excluding hydrogens is 236 g/mol. The lowest BCUT2D eigenvalue weighted by Crippen LogP contribution is -2.67. The standard InChI is InChI=1S/C16H22N2O/c1-11-7-5-8-12-14(11)18(4)16(15(12,2)3)10-6-9-13(19)17-16/h5,7-8H,6,9-10H2,1-4H3,(H,17,19)/t16-/m0/s1. The van der Waals surface area contributed by atoms with Crippen molar-refractivity contribution in [3.05, 3.63) is 29.3 Å². The van der Waals surface area contributed by atoms with Crippen LogP contribution in [-0.4, -0.2) is 18.6 Å². The van der Waals surface area contributed by atoms with Crippen LogP contribution in [0.1, 0.15) is 44.2 Å². The number of hydrogen-bond donors (Lipinski definition) is 1. The summed E-state index contributed by atoms with van der Waals surface area (Å²) in [5.74, 6) is 0.177. The summed E-state index contributed by atoms with van der Waals surface area (Å²) in [6, 6.07) is 6.47. The molecule has 102 valence electrons. The van der Waals surface area contributed by atoms with E-state index in [1.165, 1.54) is 16.8 Å². The van der Waals surface area contributed by atoms with Crippen LogP contribution >= 0.6 is 0 Å². The first-order valence-electron chi connectivity index (χ1n) is 7.05. The molecule has 0 aliphatic carbocycles. The van der Waals surface area contributed by atoms with Crippen molar-refractivity contribution < 1.29 is 4.79 Å². The molecule has 3 nitrogen and oxygen atoms in total. The Morgan fingerprint density at radius 1 is 1.32 bits per heavy atom. The second-order valence-electron chi connectivity index (χ2n) is 6.42. The zero-order valence-electron chi connectivity index (χ0n) is 12.2. The van der Waals surface area contributed by atoms with Gasteiger partial charge in [0.05, 0.1) is 0 Å². The number of nitrogens with zero attached hydrogens (tertiary/aromatic N) is 1. The quantitative estimate of drug-likeness (QED) is 0.776. The number of nitrogens with one attached hydrogen (secondary N) is 1. The molecule has 1 N–H and O–H groups in total. The van der Waals surface area contributed by atoms with Crippen LogP contribution in [0, 0.1) is 6.92 Å². The lowest BCUT2D eigenvalue weighted by atomic mass is 9.72. The van der Waals surface area contributed by atoms with Crippen molar-refractivity contribution in [1.82, 2.24) is 5.32 Å². The Bertz CT molecular complexity index is 550. The summed E-state index contributed by atoms with van der Waals surface area (Å²) in [5.41, 5.74) is 3.58. The minimum absolute atomic E-state index is 0.0703. The third-order valence-electron chi connectivity index (χ3n) is 5.14. The molecule has 2 aliphatic heterocycles. The Balaban J connectivity index is 2.20. The van der Waals surface area contributed by atoms with Gasteiger partial charge in [-0.15, -0.1) is 0 Å². The Morgan fingerprint density at radius 2 is 2.05 bits per heavy atom. The zero-order chi connectivity index (χ0) is 13.8. The molecular formula is C16H22N2O. The maximum Gasteiger partial charge on any atom is 0.221 e. The number of carbonyl (C=O) groups excluding carboxylic acids is 1. The van der Waals surface area contributed by atoms with Crippen LogP contribution in [0.25, 0.3) is 0 Å². The molecule has 0 unspecified atom stereocenters. The number of likely N-dealkylation sites (N-methyl/N-ethyl adjacent to an activating group) is 1. The summed E-state index contributed by atoms with van der Waals surface area (Å²) in [6.45, 7) is 6.65. The van der Waals surface area contributed by atoms with E-state index in [0.717, 1.165) is 12.8 Å². The van der Waals surface area contributed by atoms with Crippen molar-refractivity contribution in [1.29, 1.82) is 0 Å². The van der Waals surface area contributed by atoms with Crippen molar-refractivity contribution in [3.8, 4) is 0 Å². The van der Waals surface area contributed by atoms with Gasteiger partial charge >= 0.3 is 0 Å². The lowest BCUT2D eigenvalue weighted by molar-refractivity contribution is -0.126. The normalized spacial score (nSPS) is 28.4. The van der Waals surface area contributed by atoms with E-state index < -0.39 is 0 Å². The van der Waals surface area contributed by atoms with E-state index in [0.29, 0.717) is 6.42 Å². The number of carbonyl (C=O) groups is 1. The third-order valence-corrected chi connectivity index (χ3v) is 5.14. The van der Waals surface area contributed by atoms with E-state index >= 15 is 0 Å². The topological polar surface area (TPSA) is 32.3 Å². The molecule has 1 spiro atoms. The van der Waals surface area contributed by atoms with Crippen LogP contribution in [0.15, 0.2) is 18.2 Å². The summed E-state index contributed by atoms with van der Waals surface area (Å²) in [7, 11) is 2.12. The van der Waals surface area contributed by atoms with Gasteiger partial charge in [0.2, 0.25) is 5.91 Å². The van der Waals surface area contributed by atoms with E-state index in [1.54, 1.807) is 0 Å². The molecule has 0 bridgehead atoms. The highest BCUT2D eigenvalue weighted by molar-refractivity contribution is 5.81. The molecule has 3 heteroatoms. The van der Waals surface area contributed by atoms with Crippen LogP contribution < -0.4 is 10.2 Å². The van der Waals surface area contributed by atoms with Crippen molar-refractivity contribution in [2.24, 2.45) is 0 Å². The predicted octanol–water partition coefficient (Wildman–Crippen LogP) is 2.72. The average molecular weight is 258 g/mol. The average Bonchev–Trinajstić information content (AvgIpc) is 2.51. The first-order valence-corrected chi connectivity index (χ1v) is 7.05. The second kappa shape index (κ2) is 3.75. The monoisotopic (exact) mass is 258 g/mol. The Morgan fingerprint density at radius 3 is 2.68 bits per heavy atom. The van der Waals surface area contributed by atoms with Gasteiger partial charge in [-0.25, -0.2) is 0 Å². The van der Waals surface area contributed by atoms with Crippen LogP contribution in [0.3, 0.4) is 0 Å². The van der Waals surface area contributed by atoms with E-state index in [4.69, 9.17) is 0 Å². The highest BCUT2D eigenvalue weighted by Gasteiger charge is 2.57. The van der Waals surface area contributed by atoms with Gasteiger partial charge in [0.25, 0.3) is 0 Å². The van der Waals surface area contributed by atoms with Crippen LogP contribution in [0.2, 0.25) is 0 Å². The van der Waals surface area contributed by atoms with Crippen molar-refractivity contribution in [2.75, 3.05) is 11.9 Å². The van der Waals surface area contributed by atoms with Gasteiger partial charge < -0.3 is 10.2 Å². The highest BCUT2D eigenvalue weighted by Crippen LogP contribution is 2.53. The van der Waals surface area contributed by atoms with Crippen molar-refractivity contribution in [3.63, 3.8) is 0 Å². The molecule has 1 atom stereocenters. The van der Waals surface area contributed by atoms with E-state index in [1.807, 2.05) is 0 Å². The first kappa shape index (κ1) is 12.5. The summed E-state index contributed by atoms with van der Waals surface area (Å²) < 4.78 is 0. The van der Waals surface area contributed by atoms with Gasteiger partial charge in [-0.1, -0.05) is 32.0 Å². The van der Waals surface area contributed by atoms with Crippen LogP contribution in [0.4, 0.5) is 5.69 Å². The van der Waals surface area contributed by atoms with Gasteiger partial charge in [-0.05, 0) is 30.9 Å². The number of fused-ring (bicyclic) bond motifs is 1. The Labute approximate surface area is 115 Å². The smallest absolute Gasteiger partial charge is 0.221 e. The fourth-order valence-electron chi connectivity index (χ4n) is 4.02. The maximum atomic E-state index is 12.0. The van der Waals surface area contributed by atoms with Crippen LogP contribution in [0.5, 0.6) is 0 Å². The van der Waals surface area contributed by atoms with Gasteiger partial charge in [0.1, 0.15) is 5.66 Å². The molecule has 1 amide bonds. The molecule has 1 saturated heterocycles. The van der Waals surface area contributed by atoms with Crippen molar-refractivity contribution in [2.45, 2.75) is 51.1 Å². The van der Waals surface area contributed by atoms with Gasteiger partial charge in [-0.3, -0.25) is 4.79 Å².